The van der Waals surface area contributed by atoms with E-state index in [-0.39, 0.29) is 5.91 Å². The molecular weight excluding hydrogens is 336 g/mol. The Hall–Kier alpha value is -2.33. The van der Waals surface area contributed by atoms with E-state index in [2.05, 4.69) is 22.8 Å². The van der Waals surface area contributed by atoms with Crippen molar-refractivity contribution in [2.75, 3.05) is 0 Å². The third kappa shape index (κ3) is 4.89. The van der Waals surface area contributed by atoms with E-state index in [9.17, 15) is 4.79 Å². The van der Waals surface area contributed by atoms with Crippen LogP contribution in [0.5, 0.6) is 5.75 Å². The van der Waals surface area contributed by atoms with Gasteiger partial charge in [0.15, 0.2) is 0 Å². The number of piperidine rings is 1. The summed E-state index contributed by atoms with van der Waals surface area (Å²) in [6.45, 7) is 1.05. The van der Waals surface area contributed by atoms with Crippen LogP contribution in [0.25, 0.3) is 0 Å². The highest BCUT2D eigenvalue weighted by Crippen LogP contribution is 2.32. The molecule has 2 unspecified atom stereocenters. The monoisotopic (exact) mass is 364 g/mol. The molecular formula is C23H28N2O2. The van der Waals surface area contributed by atoms with Crippen LogP contribution in [-0.4, -0.2) is 18.0 Å². The number of rotatable bonds is 7. The summed E-state index contributed by atoms with van der Waals surface area (Å²) in [5.74, 6) is 1.51. The molecule has 0 radical (unpaired) electrons. The molecule has 2 aliphatic rings. The van der Waals surface area contributed by atoms with Gasteiger partial charge in [0.05, 0.1) is 0 Å². The number of carbonyl (C=O) groups is 1. The predicted molar refractivity (Wildman–Crippen MR) is 106 cm³/mol. The van der Waals surface area contributed by atoms with Crippen LogP contribution >= 0.6 is 0 Å². The minimum Gasteiger partial charge on any atom is -0.489 e. The van der Waals surface area contributed by atoms with Gasteiger partial charge in [0.25, 0.3) is 0 Å². The summed E-state index contributed by atoms with van der Waals surface area (Å²) in [6.07, 6.45) is 5.47. The summed E-state index contributed by atoms with van der Waals surface area (Å²) in [5, 5.41) is 6.73. The van der Waals surface area contributed by atoms with E-state index in [1.54, 1.807) is 0 Å². The number of amides is 1. The van der Waals surface area contributed by atoms with Gasteiger partial charge in [-0.25, -0.2) is 0 Å². The number of hydrogen-bond donors (Lipinski definition) is 2. The molecule has 2 atom stereocenters. The van der Waals surface area contributed by atoms with E-state index >= 15 is 0 Å². The van der Waals surface area contributed by atoms with E-state index in [4.69, 9.17) is 4.74 Å². The second-order valence-corrected chi connectivity index (χ2v) is 7.84. The Balaban J connectivity index is 1.28. The molecule has 2 aliphatic heterocycles. The number of benzene rings is 2. The SMILES string of the molecule is O=C(CC1CC2CCC(C1)N2)NCc1ccccc1OCc1ccccc1. The number of para-hydroxylation sites is 1. The van der Waals surface area contributed by atoms with E-state index in [0.717, 1.165) is 29.7 Å². The van der Waals surface area contributed by atoms with Gasteiger partial charge in [-0.05, 0) is 43.2 Å². The quantitative estimate of drug-likeness (QED) is 0.786. The van der Waals surface area contributed by atoms with Gasteiger partial charge in [0.2, 0.25) is 5.91 Å². The van der Waals surface area contributed by atoms with Crippen LogP contribution < -0.4 is 15.4 Å². The fraction of sp³-hybridized carbons (Fsp3) is 0.435. The highest BCUT2D eigenvalue weighted by molar-refractivity contribution is 5.76. The van der Waals surface area contributed by atoms with Crippen molar-refractivity contribution in [3.05, 3.63) is 65.7 Å². The Kier molecular flexibility index (Phi) is 5.73. The van der Waals surface area contributed by atoms with E-state index in [1.807, 2.05) is 42.5 Å². The van der Waals surface area contributed by atoms with Gasteiger partial charge in [-0.2, -0.15) is 0 Å². The van der Waals surface area contributed by atoms with E-state index in [0.29, 0.717) is 37.6 Å². The number of hydrogen-bond acceptors (Lipinski definition) is 3. The number of ether oxygens (including phenoxy) is 1. The number of carbonyl (C=O) groups excluding carboxylic acids is 1. The Bertz CT molecular complexity index is 750. The summed E-state index contributed by atoms with van der Waals surface area (Å²) < 4.78 is 5.98. The molecule has 2 N–H and O–H groups in total. The van der Waals surface area contributed by atoms with Crippen LogP contribution in [0.4, 0.5) is 0 Å². The lowest BCUT2D eigenvalue weighted by Crippen LogP contribution is -2.39. The molecule has 0 aliphatic carbocycles. The van der Waals surface area contributed by atoms with E-state index in [1.165, 1.54) is 12.8 Å². The first-order valence-electron chi connectivity index (χ1n) is 10.0. The van der Waals surface area contributed by atoms with Gasteiger partial charge in [0, 0.05) is 30.6 Å². The van der Waals surface area contributed by atoms with Gasteiger partial charge < -0.3 is 15.4 Å². The standard InChI is InChI=1S/C23H28N2O2/c26-23(14-18-12-20-10-11-21(13-18)25-20)24-15-19-8-4-5-9-22(19)27-16-17-6-2-1-3-7-17/h1-9,18,20-21,25H,10-16H2,(H,24,26). The Labute approximate surface area is 161 Å². The Morgan fingerprint density at radius 1 is 1.00 bits per heavy atom. The molecule has 2 bridgehead atoms. The second kappa shape index (κ2) is 8.57. The Morgan fingerprint density at radius 3 is 2.48 bits per heavy atom. The van der Waals surface area contributed by atoms with Crippen LogP contribution in [0.15, 0.2) is 54.6 Å². The van der Waals surface area contributed by atoms with E-state index < -0.39 is 0 Å². The fourth-order valence-electron chi connectivity index (χ4n) is 4.40. The lowest BCUT2D eigenvalue weighted by Gasteiger charge is -2.28. The van der Waals surface area contributed by atoms with Crippen molar-refractivity contribution in [1.29, 1.82) is 0 Å². The maximum absolute atomic E-state index is 12.4. The van der Waals surface area contributed by atoms with Crippen molar-refractivity contribution < 1.29 is 9.53 Å². The molecule has 0 spiro atoms. The van der Waals surface area contributed by atoms with Gasteiger partial charge in [-0.15, -0.1) is 0 Å². The molecule has 2 saturated heterocycles. The molecule has 142 valence electrons. The molecule has 1 amide bonds. The molecule has 27 heavy (non-hydrogen) atoms. The van der Waals surface area contributed by atoms with Crippen molar-refractivity contribution in [1.82, 2.24) is 10.6 Å². The molecule has 4 heteroatoms. The molecule has 2 aromatic rings. The van der Waals surface area contributed by atoms with Crippen LogP contribution in [0.3, 0.4) is 0 Å². The summed E-state index contributed by atoms with van der Waals surface area (Å²) >= 11 is 0. The zero-order chi connectivity index (χ0) is 18.5. The molecule has 0 saturated carbocycles. The maximum Gasteiger partial charge on any atom is 0.220 e. The summed E-state index contributed by atoms with van der Waals surface area (Å²) in [7, 11) is 0. The van der Waals surface area contributed by atoms with Crippen LogP contribution in [0.1, 0.15) is 43.2 Å². The van der Waals surface area contributed by atoms with Crippen LogP contribution in [0, 0.1) is 5.92 Å². The molecule has 2 aromatic carbocycles. The van der Waals surface area contributed by atoms with Crippen molar-refractivity contribution in [2.24, 2.45) is 5.92 Å². The fourth-order valence-corrected chi connectivity index (χ4v) is 4.40. The lowest BCUT2D eigenvalue weighted by atomic mass is 9.89. The van der Waals surface area contributed by atoms with Gasteiger partial charge in [-0.1, -0.05) is 48.5 Å². The number of fused-ring (bicyclic) bond motifs is 2. The van der Waals surface area contributed by atoms with Gasteiger partial charge >= 0.3 is 0 Å². The van der Waals surface area contributed by atoms with Crippen LogP contribution in [0.2, 0.25) is 0 Å². The second-order valence-electron chi connectivity index (χ2n) is 7.84. The third-order valence-corrected chi connectivity index (χ3v) is 5.73. The highest BCUT2D eigenvalue weighted by atomic mass is 16.5. The average Bonchev–Trinajstić information content (AvgIpc) is 3.04. The van der Waals surface area contributed by atoms with Crippen molar-refractivity contribution in [2.45, 2.75) is 57.3 Å². The maximum atomic E-state index is 12.4. The molecule has 2 heterocycles. The Morgan fingerprint density at radius 2 is 1.70 bits per heavy atom. The third-order valence-electron chi connectivity index (χ3n) is 5.73. The zero-order valence-electron chi connectivity index (χ0n) is 15.7. The smallest absolute Gasteiger partial charge is 0.220 e. The normalized spacial score (nSPS) is 23.8. The molecule has 4 nitrogen and oxygen atoms in total. The zero-order valence-corrected chi connectivity index (χ0v) is 15.7. The first-order chi connectivity index (χ1) is 13.3. The van der Waals surface area contributed by atoms with Gasteiger partial charge in [0.1, 0.15) is 12.4 Å². The first kappa shape index (κ1) is 18.1. The highest BCUT2D eigenvalue weighted by Gasteiger charge is 2.34. The van der Waals surface area contributed by atoms with Crippen LogP contribution in [-0.2, 0) is 17.9 Å². The predicted octanol–water partition coefficient (Wildman–Crippen LogP) is 3.80. The summed E-state index contributed by atoms with van der Waals surface area (Å²) in [5.41, 5.74) is 2.16. The average molecular weight is 364 g/mol. The minimum atomic E-state index is 0.152. The summed E-state index contributed by atoms with van der Waals surface area (Å²) in [4.78, 5) is 12.4. The largest absolute Gasteiger partial charge is 0.489 e. The van der Waals surface area contributed by atoms with Gasteiger partial charge in [-0.3, -0.25) is 4.79 Å². The van der Waals surface area contributed by atoms with Crippen molar-refractivity contribution in [3.8, 4) is 5.75 Å². The first-order valence-corrected chi connectivity index (χ1v) is 10.0. The lowest BCUT2D eigenvalue weighted by molar-refractivity contribution is -0.122. The molecule has 0 aromatic heterocycles. The van der Waals surface area contributed by atoms with Crippen molar-refractivity contribution in [3.63, 3.8) is 0 Å². The molecule has 4 rings (SSSR count). The number of nitrogens with one attached hydrogen (secondary N) is 2. The topological polar surface area (TPSA) is 50.4 Å². The van der Waals surface area contributed by atoms with Crippen molar-refractivity contribution >= 4 is 5.91 Å². The molecule has 2 fully saturated rings. The minimum absolute atomic E-state index is 0.152. The summed E-state index contributed by atoms with van der Waals surface area (Å²) in [6, 6.07) is 19.3.